The average molecular weight is 332 g/mol. The number of piperazine rings is 1. The highest BCUT2D eigenvalue weighted by Crippen LogP contribution is 2.14. The Bertz CT molecular complexity index is 627. The Kier molecular flexibility index (Phi) is 5.13. The van der Waals surface area contributed by atoms with E-state index in [1.165, 1.54) is 0 Å². The zero-order valence-electron chi connectivity index (χ0n) is 13.8. The smallest absolute Gasteiger partial charge is 0.254 e. The van der Waals surface area contributed by atoms with Crippen molar-refractivity contribution in [1.82, 2.24) is 19.4 Å². The van der Waals surface area contributed by atoms with Crippen molar-refractivity contribution in [3.05, 3.63) is 40.6 Å². The van der Waals surface area contributed by atoms with Crippen LogP contribution in [0.4, 0.5) is 0 Å². The van der Waals surface area contributed by atoms with Gasteiger partial charge in [-0.3, -0.25) is 9.69 Å². The van der Waals surface area contributed by atoms with Crippen molar-refractivity contribution in [1.29, 1.82) is 0 Å². The van der Waals surface area contributed by atoms with Gasteiger partial charge in [-0.25, -0.2) is 4.98 Å². The number of amides is 1. The number of carbonyl (C=O) groups is 1. The maximum Gasteiger partial charge on any atom is 0.254 e. The van der Waals surface area contributed by atoms with Crippen LogP contribution in [-0.2, 0) is 6.54 Å². The highest BCUT2D eigenvalue weighted by molar-refractivity contribution is 7.08. The Labute approximate surface area is 141 Å². The van der Waals surface area contributed by atoms with E-state index in [0.29, 0.717) is 5.92 Å². The lowest BCUT2D eigenvalue weighted by Crippen LogP contribution is -2.49. The molecular weight excluding hydrogens is 308 g/mol. The number of carbonyl (C=O) groups excluding carboxylic acids is 1. The minimum absolute atomic E-state index is 0.169. The van der Waals surface area contributed by atoms with Gasteiger partial charge < -0.3 is 9.47 Å². The van der Waals surface area contributed by atoms with Crippen molar-refractivity contribution >= 4 is 17.2 Å². The van der Waals surface area contributed by atoms with Gasteiger partial charge in [-0.15, -0.1) is 0 Å². The summed E-state index contributed by atoms with van der Waals surface area (Å²) in [7, 11) is 0. The predicted octanol–water partition coefficient (Wildman–Crippen LogP) is 2.53. The second-order valence-corrected chi connectivity index (χ2v) is 7.06. The number of aromatic nitrogens is 2. The Balaban J connectivity index is 1.48. The molecule has 1 saturated heterocycles. The molecule has 2 aromatic heterocycles. The molecule has 1 aliphatic heterocycles. The fourth-order valence-electron chi connectivity index (χ4n) is 3.00. The maximum absolute atomic E-state index is 12.3. The van der Waals surface area contributed by atoms with Gasteiger partial charge in [0.1, 0.15) is 5.82 Å². The van der Waals surface area contributed by atoms with Crippen LogP contribution in [-0.4, -0.2) is 58.0 Å². The minimum atomic E-state index is 0.169. The molecule has 5 nitrogen and oxygen atoms in total. The van der Waals surface area contributed by atoms with Crippen LogP contribution in [0.5, 0.6) is 0 Å². The molecule has 0 aliphatic carbocycles. The van der Waals surface area contributed by atoms with Gasteiger partial charge in [-0.1, -0.05) is 13.8 Å². The number of thiophene rings is 1. The molecule has 0 spiro atoms. The molecule has 124 valence electrons. The largest absolute Gasteiger partial charge is 0.336 e. The van der Waals surface area contributed by atoms with E-state index in [0.717, 1.165) is 50.7 Å². The number of imidazole rings is 1. The summed E-state index contributed by atoms with van der Waals surface area (Å²) in [5, 5.41) is 3.89. The Morgan fingerprint density at radius 2 is 2.04 bits per heavy atom. The van der Waals surface area contributed by atoms with Crippen molar-refractivity contribution in [2.45, 2.75) is 26.3 Å². The van der Waals surface area contributed by atoms with Crippen molar-refractivity contribution < 1.29 is 4.79 Å². The molecule has 0 bridgehead atoms. The summed E-state index contributed by atoms with van der Waals surface area (Å²) in [6.45, 7) is 9.85. The van der Waals surface area contributed by atoms with E-state index < -0.39 is 0 Å². The van der Waals surface area contributed by atoms with E-state index >= 15 is 0 Å². The summed E-state index contributed by atoms with van der Waals surface area (Å²) in [6.07, 6.45) is 3.94. The van der Waals surface area contributed by atoms with Gasteiger partial charge in [0.2, 0.25) is 0 Å². The summed E-state index contributed by atoms with van der Waals surface area (Å²) in [4.78, 5) is 21.2. The van der Waals surface area contributed by atoms with Crippen molar-refractivity contribution in [3.63, 3.8) is 0 Å². The molecule has 3 heterocycles. The van der Waals surface area contributed by atoms with Crippen LogP contribution in [0.2, 0.25) is 0 Å². The molecule has 1 fully saturated rings. The summed E-state index contributed by atoms with van der Waals surface area (Å²) in [6, 6.07) is 1.91. The summed E-state index contributed by atoms with van der Waals surface area (Å²) < 4.78 is 2.24. The van der Waals surface area contributed by atoms with Crippen LogP contribution in [0.1, 0.15) is 35.9 Å². The first-order valence-electron chi connectivity index (χ1n) is 8.20. The summed E-state index contributed by atoms with van der Waals surface area (Å²) in [5.74, 6) is 1.77. The third kappa shape index (κ3) is 3.82. The normalized spacial score (nSPS) is 16.2. The molecule has 0 aromatic carbocycles. The van der Waals surface area contributed by atoms with Crippen molar-refractivity contribution in [3.8, 4) is 0 Å². The quantitative estimate of drug-likeness (QED) is 0.845. The van der Waals surface area contributed by atoms with Gasteiger partial charge in [-0.2, -0.15) is 11.3 Å². The zero-order valence-corrected chi connectivity index (χ0v) is 14.6. The second kappa shape index (κ2) is 7.27. The van der Waals surface area contributed by atoms with E-state index in [-0.39, 0.29) is 5.91 Å². The molecule has 0 N–H and O–H groups in total. The molecule has 3 rings (SSSR count). The number of hydrogen-bond acceptors (Lipinski definition) is 4. The monoisotopic (exact) mass is 332 g/mol. The van der Waals surface area contributed by atoms with Crippen molar-refractivity contribution in [2.75, 3.05) is 32.7 Å². The molecule has 23 heavy (non-hydrogen) atoms. The van der Waals surface area contributed by atoms with Gasteiger partial charge in [0.25, 0.3) is 5.91 Å². The van der Waals surface area contributed by atoms with Gasteiger partial charge in [-0.05, 0) is 11.4 Å². The molecule has 0 atom stereocenters. The van der Waals surface area contributed by atoms with Crippen LogP contribution in [0.25, 0.3) is 0 Å². The molecule has 0 saturated carbocycles. The summed E-state index contributed by atoms with van der Waals surface area (Å²) in [5.41, 5.74) is 0.823. The van der Waals surface area contributed by atoms with Crippen molar-refractivity contribution in [2.24, 2.45) is 0 Å². The first-order valence-corrected chi connectivity index (χ1v) is 9.14. The molecule has 1 amide bonds. The van der Waals surface area contributed by atoms with Crippen LogP contribution < -0.4 is 0 Å². The summed E-state index contributed by atoms with van der Waals surface area (Å²) >= 11 is 1.58. The van der Waals surface area contributed by atoms with Crippen LogP contribution in [0.3, 0.4) is 0 Å². The lowest BCUT2D eigenvalue weighted by atomic mass is 10.2. The minimum Gasteiger partial charge on any atom is -0.336 e. The highest BCUT2D eigenvalue weighted by Gasteiger charge is 2.22. The van der Waals surface area contributed by atoms with E-state index in [1.54, 1.807) is 11.3 Å². The van der Waals surface area contributed by atoms with Gasteiger partial charge in [0.05, 0.1) is 5.56 Å². The van der Waals surface area contributed by atoms with Crippen LogP contribution >= 0.6 is 11.3 Å². The first kappa shape index (κ1) is 16.2. The fourth-order valence-corrected chi connectivity index (χ4v) is 3.63. The maximum atomic E-state index is 12.3. The van der Waals surface area contributed by atoms with E-state index in [2.05, 4.69) is 34.5 Å². The Morgan fingerprint density at radius 1 is 1.26 bits per heavy atom. The zero-order chi connectivity index (χ0) is 16.2. The third-order valence-corrected chi connectivity index (χ3v) is 5.03. The molecule has 6 heteroatoms. The molecular formula is C17H24N4OS. The van der Waals surface area contributed by atoms with E-state index in [1.807, 2.05) is 27.9 Å². The Hall–Kier alpha value is -1.66. The molecule has 2 aromatic rings. The lowest BCUT2D eigenvalue weighted by molar-refractivity contribution is 0.0633. The molecule has 0 unspecified atom stereocenters. The van der Waals surface area contributed by atoms with Gasteiger partial charge in [0, 0.05) is 63.0 Å². The number of nitrogens with zero attached hydrogens (tertiary/aromatic N) is 4. The highest BCUT2D eigenvalue weighted by atomic mass is 32.1. The molecule has 1 aliphatic rings. The topological polar surface area (TPSA) is 41.4 Å². The molecule has 0 radical (unpaired) electrons. The van der Waals surface area contributed by atoms with E-state index in [4.69, 9.17) is 0 Å². The fraction of sp³-hybridized carbons (Fsp3) is 0.529. The first-order chi connectivity index (χ1) is 11.1. The predicted molar refractivity (Wildman–Crippen MR) is 93.0 cm³/mol. The Morgan fingerprint density at radius 3 is 2.70 bits per heavy atom. The lowest BCUT2D eigenvalue weighted by Gasteiger charge is -2.34. The van der Waals surface area contributed by atoms with E-state index in [9.17, 15) is 4.79 Å². The average Bonchev–Trinajstić information content (AvgIpc) is 3.24. The second-order valence-electron chi connectivity index (χ2n) is 6.28. The SMILES string of the molecule is CC(C)c1nccn1CCN1CCN(C(=O)c2ccsc2)CC1. The van der Waals surface area contributed by atoms with Gasteiger partial charge >= 0.3 is 0 Å². The number of rotatable bonds is 5. The van der Waals surface area contributed by atoms with Crippen LogP contribution in [0, 0.1) is 0 Å². The third-order valence-electron chi connectivity index (χ3n) is 4.35. The van der Waals surface area contributed by atoms with Gasteiger partial charge in [0.15, 0.2) is 0 Å². The standard InChI is InChI=1S/C17H24N4OS/c1-14(2)16-18-4-5-20(16)9-6-19-7-10-21(11-8-19)17(22)15-3-12-23-13-15/h3-5,12-14H,6-11H2,1-2H3. The van der Waals surface area contributed by atoms with Crippen LogP contribution in [0.15, 0.2) is 29.2 Å². The number of hydrogen-bond donors (Lipinski definition) is 0.